The number of rotatable bonds is 5. The molecule has 106 valence electrons. The molecule has 0 aliphatic carbocycles. The number of primary amides is 1. The fourth-order valence-corrected chi connectivity index (χ4v) is 3.13. The highest BCUT2D eigenvalue weighted by molar-refractivity contribution is 7.09. The Hall–Kier alpha value is -1.07. The number of amides is 1. The highest BCUT2D eigenvalue weighted by atomic mass is 35.5. The molecule has 1 amide bonds. The van der Waals surface area contributed by atoms with Crippen LogP contribution in [-0.2, 0) is 16.9 Å². The van der Waals surface area contributed by atoms with Gasteiger partial charge >= 0.3 is 0 Å². The van der Waals surface area contributed by atoms with Gasteiger partial charge in [-0.2, -0.15) is 0 Å². The van der Waals surface area contributed by atoms with Crippen LogP contribution in [0.5, 0.6) is 0 Å². The molecule has 1 atom stereocenters. The van der Waals surface area contributed by atoms with Crippen molar-refractivity contribution >= 4 is 40.4 Å². The third-order valence-electron chi connectivity index (χ3n) is 3.16. The molecule has 0 aliphatic rings. The first-order valence-corrected chi connectivity index (χ1v) is 7.60. The van der Waals surface area contributed by atoms with Crippen molar-refractivity contribution < 1.29 is 4.79 Å². The van der Waals surface area contributed by atoms with Crippen LogP contribution in [0.15, 0.2) is 35.7 Å². The van der Waals surface area contributed by atoms with Gasteiger partial charge in [-0.3, -0.25) is 10.1 Å². The summed E-state index contributed by atoms with van der Waals surface area (Å²) in [6.07, 6.45) is 0. The van der Waals surface area contributed by atoms with E-state index in [0.29, 0.717) is 22.2 Å². The fourth-order valence-electron chi connectivity index (χ4n) is 1.89. The summed E-state index contributed by atoms with van der Waals surface area (Å²) < 4.78 is 0. The quantitative estimate of drug-likeness (QED) is 0.881. The summed E-state index contributed by atoms with van der Waals surface area (Å²) in [5, 5.41) is 6.09. The lowest BCUT2D eigenvalue weighted by Gasteiger charge is -2.29. The highest BCUT2D eigenvalue weighted by Crippen LogP contribution is 2.30. The van der Waals surface area contributed by atoms with E-state index in [1.165, 1.54) is 0 Å². The zero-order valence-electron chi connectivity index (χ0n) is 10.8. The molecule has 0 saturated heterocycles. The number of thiophene rings is 1. The van der Waals surface area contributed by atoms with Crippen LogP contribution in [0.2, 0.25) is 10.0 Å². The Morgan fingerprint density at radius 3 is 2.70 bits per heavy atom. The van der Waals surface area contributed by atoms with Crippen molar-refractivity contribution in [2.45, 2.75) is 19.0 Å². The minimum Gasteiger partial charge on any atom is -0.368 e. The van der Waals surface area contributed by atoms with E-state index in [0.717, 1.165) is 4.88 Å². The SMILES string of the molecule is CC(NCc1cccs1)(C(N)=O)c1ccc(Cl)cc1Cl. The first-order chi connectivity index (χ1) is 9.43. The van der Waals surface area contributed by atoms with Crippen molar-refractivity contribution in [2.75, 3.05) is 0 Å². The fraction of sp³-hybridized carbons (Fsp3) is 0.214. The second-order valence-corrected chi connectivity index (χ2v) is 6.42. The molecule has 20 heavy (non-hydrogen) atoms. The number of halogens is 2. The van der Waals surface area contributed by atoms with E-state index in [1.807, 2.05) is 17.5 Å². The van der Waals surface area contributed by atoms with Gasteiger partial charge in [0.1, 0.15) is 5.54 Å². The van der Waals surface area contributed by atoms with Crippen molar-refractivity contribution in [1.29, 1.82) is 0 Å². The van der Waals surface area contributed by atoms with E-state index in [1.54, 1.807) is 36.5 Å². The Labute approximate surface area is 131 Å². The van der Waals surface area contributed by atoms with Crippen LogP contribution < -0.4 is 11.1 Å². The Morgan fingerprint density at radius 1 is 1.40 bits per heavy atom. The van der Waals surface area contributed by atoms with E-state index >= 15 is 0 Å². The molecule has 1 aromatic carbocycles. The third kappa shape index (κ3) is 3.15. The molecule has 0 radical (unpaired) electrons. The minimum absolute atomic E-state index is 0.414. The summed E-state index contributed by atoms with van der Waals surface area (Å²) >= 11 is 13.7. The predicted octanol–water partition coefficient (Wildman–Crippen LogP) is 3.55. The number of benzene rings is 1. The summed E-state index contributed by atoms with van der Waals surface area (Å²) in [6, 6.07) is 8.96. The molecule has 1 aromatic heterocycles. The second kappa shape index (κ2) is 6.14. The standard InChI is InChI=1S/C14H14Cl2N2OS/c1-14(13(17)19,18-8-10-3-2-6-20-10)11-5-4-9(15)7-12(11)16/h2-7,18H,8H2,1H3,(H2,17,19). The minimum atomic E-state index is -1.05. The van der Waals surface area contributed by atoms with E-state index in [4.69, 9.17) is 28.9 Å². The van der Waals surface area contributed by atoms with Gasteiger partial charge in [-0.15, -0.1) is 11.3 Å². The monoisotopic (exact) mass is 328 g/mol. The lowest BCUT2D eigenvalue weighted by Crippen LogP contribution is -2.50. The Morgan fingerprint density at radius 2 is 2.15 bits per heavy atom. The van der Waals surface area contributed by atoms with Crippen molar-refractivity contribution in [3.8, 4) is 0 Å². The molecule has 0 spiro atoms. The molecule has 2 rings (SSSR count). The van der Waals surface area contributed by atoms with Gasteiger partial charge in [0.15, 0.2) is 0 Å². The van der Waals surface area contributed by atoms with Gasteiger partial charge in [0, 0.05) is 27.0 Å². The van der Waals surface area contributed by atoms with E-state index in [2.05, 4.69) is 5.32 Å². The van der Waals surface area contributed by atoms with Gasteiger partial charge in [-0.1, -0.05) is 35.3 Å². The summed E-state index contributed by atoms with van der Waals surface area (Å²) in [7, 11) is 0. The first-order valence-electron chi connectivity index (χ1n) is 5.96. The molecule has 3 nitrogen and oxygen atoms in total. The summed E-state index contributed by atoms with van der Waals surface area (Å²) in [4.78, 5) is 13.0. The molecule has 2 aromatic rings. The molecule has 1 heterocycles. The molecule has 0 saturated carbocycles. The van der Waals surface area contributed by atoms with Crippen LogP contribution in [-0.4, -0.2) is 5.91 Å². The van der Waals surface area contributed by atoms with Gasteiger partial charge in [0.2, 0.25) is 5.91 Å². The maximum atomic E-state index is 11.9. The first kappa shape index (κ1) is 15.3. The molecule has 0 bridgehead atoms. The number of nitrogens with one attached hydrogen (secondary N) is 1. The van der Waals surface area contributed by atoms with Crippen LogP contribution in [0, 0.1) is 0 Å². The van der Waals surface area contributed by atoms with Crippen LogP contribution in [0.1, 0.15) is 17.4 Å². The molecule has 0 fully saturated rings. The lowest BCUT2D eigenvalue weighted by atomic mass is 9.91. The Bertz CT molecular complexity index is 616. The summed E-state index contributed by atoms with van der Waals surface area (Å²) in [5.74, 6) is -0.488. The van der Waals surface area contributed by atoms with Gasteiger partial charge in [0.05, 0.1) is 0 Å². The number of hydrogen-bond acceptors (Lipinski definition) is 3. The van der Waals surface area contributed by atoms with E-state index in [9.17, 15) is 4.79 Å². The molecule has 6 heteroatoms. The van der Waals surface area contributed by atoms with Crippen LogP contribution in [0.4, 0.5) is 0 Å². The number of carbonyl (C=O) groups is 1. The summed E-state index contributed by atoms with van der Waals surface area (Å²) in [6.45, 7) is 2.26. The van der Waals surface area contributed by atoms with E-state index < -0.39 is 11.4 Å². The van der Waals surface area contributed by atoms with Crippen LogP contribution in [0.25, 0.3) is 0 Å². The van der Waals surface area contributed by atoms with Crippen molar-refractivity contribution in [3.05, 3.63) is 56.2 Å². The van der Waals surface area contributed by atoms with Gasteiger partial charge in [-0.05, 0) is 30.5 Å². The zero-order valence-corrected chi connectivity index (χ0v) is 13.1. The van der Waals surface area contributed by atoms with Gasteiger partial charge in [-0.25, -0.2) is 0 Å². The van der Waals surface area contributed by atoms with Crippen molar-refractivity contribution in [1.82, 2.24) is 5.32 Å². The molecule has 3 N–H and O–H groups in total. The normalized spacial score (nSPS) is 13.9. The number of carbonyl (C=O) groups excluding carboxylic acids is 1. The Kier molecular flexibility index (Phi) is 4.70. The molecule has 1 unspecified atom stereocenters. The summed E-state index contributed by atoms with van der Waals surface area (Å²) in [5.41, 5.74) is 5.13. The molecule has 0 aliphatic heterocycles. The van der Waals surface area contributed by atoms with Crippen LogP contribution >= 0.6 is 34.5 Å². The number of hydrogen-bond donors (Lipinski definition) is 2. The average molecular weight is 329 g/mol. The van der Waals surface area contributed by atoms with Gasteiger partial charge in [0.25, 0.3) is 0 Å². The van der Waals surface area contributed by atoms with E-state index in [-0.39, 0.29) is 0 Å². The van der Waals surface area contributed by atoms with Gasteiger partial charge < -0.3 is 5.73 Å². The number of nitrogens with two attached hydrogens (primary N) is 1. The predicted molar refractivity (Wildman–Crippen MR) is 84.2 cm³/mol. The largest absolute Gasteiger partial charge is 0.368 e. The van der Waals surface area contributed by atoms with Crippen LogP contribution in [0.3, 0.4) is 0 Å². The maximum absolute atomic E-state index is 11.9. The van der Waals surface area contributed by atoms with Crippen molar-refractivity contribution in [3.63, 3.8) is 0 Å². The topological polar surface area (TPSA) is 55.1 Å². The highest BCUT2D eigenvalue weighted by Gasteiger charge is 2.34. The maximum Gasteiger partial charge on any atom is 0.242 e. The van der Waals surface area contributed by atoms with Crippen molar-refractivity contribution in [2.24, 2.45) is 5.73 Å². The zero-order chi connectivity index (χ0) is 14.8. The Balaban J connectivity index is 2.31. The lowest BCUT2D eigenvalue weighted by molar-refractivity contribution is -0.124. The molecular formula is C14H14Cl2N2OS. The smallest absolute Gasteiger partial charge is 0.242 e. The molecular weight excluding hydrogens is 315 g/mol. The average Bonchev–Trinajstić information content (AvgIpc) is 2.88. The third-order valence-corrected chi connectivity index (χ3v) is 4.58. The second-order valence-electron chi connectivity index (χ2n) is 4.55.